The van der Waals surface area contributed by atoms with Crippen molar-refractivity contribution in [3.8, 4) is 0 Å². The van der Waals surface area contributed by atoms with Gasteiger partial charge in [0.05, 0.1) is 5.75 Å². The van der Waals surface area contributed by atoms with Crippen LogP contribution in [0.3, 0.4) is 0 Å². The fourth-order valence-corrected chi connectivity index (χ4v) is 2.59. The Morgan fingerprint density at radius 1 is 1.04 bits per heavy atom. The Bertz CT molecular complexity index is 845. The number of carbonyl (C=O) groups excluding carboxylic acids is 1. The standard InChI is InChI=1S/C18H13FN2O2S/c19-15-9-7-14(8-10-15)16(22)12-24-18-21-20-17(23-18)11-6-13-4-2-1-3-5-13/h1-11H,12H2/b11-6+. The van der Waals surface area contributed by atoms with Gasteiger partial charge < -0.3 is 4.42 Å². The summed E-state index contributed by atoms with van der Waals surface area (Å²) in [4.78, 5) is 12.0. The summed E-state index contributed by atoms with van der Waals surface area (Å²) < 4.78 is 18.3. The molecule has 0 unspecified atom stereocenters. The van der Waals surface area contributed by atoms with E-state index in [1.54, 1.807) is 6.08 Å². The van der Waals surface area contributed by atoms with Crippen LogP contribution in [0.25, 0.3) is 12.2 Å². The van der Waals surface area contributed by atoms with Crippen LogP contribution in [0, 0.1) is 5.82 Å². The second-order valence-electron chi connectivity index (χ2n) is 4.87. The van der Waals surface area contributed by atoms with Gasteiger partial charge in [0, 0.05) is 11.6 Å². The summed E-state index contributed by atoms with van der Waals surface area (Å²) in [6, 6.07) is 15.2. The number of nitrogens with zero attached hydrogens (tertiary/aromatic N) is 2. The predicted octanol–water partition coefficient (Wildman–Crippen LogP) is 4.35. The van der Waals surface area contributed by atoms with E-state index >= 15 is 0 Å². The minimum Gasteiger partial charge on any atom is -0.412 e. The fourth-order valence-electron chi connectivity index (χ4n) is 1.92. The Morgan fingerprint density at radius 3 is 2.54 bits per heavy atom. The maximum atomic E-state index is 12.8. The van der Waals surface area contributed by atoms with Gasteiger partial charge in [-0.2, -0.15) is 0 Å². The first-order valence-electron chi connectivity index (χ1n) is 7.19. The lowest BCUT2D eigenvalue weighted by Gasteiger charge is -1.98. The Balaban J connectivity index is 1.57. The van der Waals surface area contributed by atoms with Crippen LogP contribution in [0.5, 0.6) is 0 Å². The van der Waals surface area contributed by atoms with Crippen molar-refractivity contribution in [2.45, 2.75) is 5.22 Å². The Labute approximate surface area is 142 Å². The zero-order valence-corrected chi connectivity index (χ0v) is 13.4. The SMILES string of the molecule is O=C(CSc1nnc(/C=C/c2ccccc2)o1)c1ccc(F)cc1. The topological polar surface area (TPSA) is 56.0 Å². The third-order valence-corrected chi connectivity index (χ3v) is 3.95. The fraction of sp³-hybridized carbons (Fsp3) is 0.0556. The highest BCUT2D eigenvalue weighted by molar-refractivity contribution is 7.99. The zero-order valence-electron chi connectivity index (χ0n) is 12.6. The van der Waals surface area contributed by atoms with Crippen LogP contribution in [0.15, 0.2) is 64.2 Å². The van der Waals surface area contributed by atoms with E-state index in [1.165, 1.54) is 24.3 Å². The van der Waals surface area contributed by atoms with Crippen molar-refractivity contribution < 1.29 is 13.6 Å². The predicted molar refractivity (Wildman–Crippen MR) is 91.1 cm³/mol. The molecule has 0 fully saturated rings. The summed E-state index contributed by atoms with van der Waals surface area (Å²) in [6.07, 6.45) is 3.58. The number of halogens is 1. The molecule has 3 aromatic rings. The summed E-state index contributed by atoms with van der Waals surface area (Å²) in [5, 5.41) is 8.12. The molecule has 0 N–H and O–H groups in total. The van der Waals surface area contributed by atoms with E-state index < -0.39 is 0 Å². The van der Waals surface area contributed by atoms with Crippen molar-refractivity contribution in [1.82, 2.24) is 10.2 Å². The molecule has 0 atom stereocenters. The highest BCUT2D eigenvalue weighted by Gasteiger charge is 2.10. The van der Waals surface area contributed by atoms with Crippen molar-refractivity contribution in [3.05, 3.63) is 77.4 Å². The summed E-state index contributed by atoms with van der Waals surface area (Å²) in [5.74, 6) is 0.0245. The van der Waals surface area contributed by atoms with Gasteiger partial charge in [0.2, 0.25) is 5.89 Å². The molecule has 0 saturated heterocycles. The number of hydrogen-bond acceptors (Lipinski definition) is 5. The maximum absolute atomic E-state index is 12.8. The highest BCUT2D eigenvalue weighted by atomic mass is 32.2. The van der Waals surface area contributed by atoms with Gasteiger partial charge in [-0.15, -0.1) is 10.2 Å². The van der Waals surface area contributed by atoms with Gasteiger partial charge in [0.15, 0.2) is 5.78 Å². The Hall–Kier alpha value is -2.73. The molecule has 0 bridgehead atoms. The lowest BCUT2D eigenvalue weighted by atomic mass is 10.1. The van der Waals surface area contributed by atoms with Crippen LogP contribution >= 0.6 is 11.8 Å². The first-order chi connectivity index (χ1) is 11.7. The molecule has 0 amide bonds. The van der Waals surface area contributed by atoms with E-state index in [0.717, 1.165) is 17.3 Å². The first kappa shape index (κ1) is 16.1. The minimum atomic E-state index is -0.369. The van der Waals surface area contributed by atoms with Gasteiger partial charge in [-0.3, -0.25) is 4.79 Å². The quantitative estimate of drug-likeness (QED) is 0.493. The molecule has 0 spiro atoms. The third kappa shape index (κ3) is 4.39. The molecule has 0 aliphatic rings. The number of carbonyl (C=O) groups is 1. The second kappa shape index (κ2) is 7.70. The van der Waals surface area contributed by atoms with Gasteiger partial charge >= 0.3 is 0 Å². The van der Waals surface area contributed by atoms with Crippen molar-refractivity contribution >= 4 is 29.7 Å². The van der Waals surface area contributed by atoms with Crippen molar-refractivity contribution in [1.29, 1.82) is 0 Å². The normalized spacial score (nSPS) is 11.0. The number of ketones is 1. The van der Waals surface area contributed by atoms with Gasteiger partial charge in [-0.1, -0.05) is 42.1 Å². The summed E-state index contributed by atoms with van der Waals surface area (Å²) in [6.45, 7) is 0. The van der Waals surface area contributed by atoms with Gasteiger partial charge in [-0.25, -0.2) is 4.39 Å². The Kier molecular flexibility index (Phi) is 5.18. The van der Waals surface area contributed by atoms with Crippen molar-refractivity contribution in [2.24, 2.45) is 0 Å². The van der Waals surface area contributed by atoms with Crippen LogP contribution < -0.4 is 0 Å². The van der Waals surface area contributed by atoms with E-state index in [-0.39, 0.29) is 17.4 Å². The average Bonchev–Trinajstić information content (AvgIpc) is 3.07. The van der Waals surface area contributed by atoms with Crippen LogP contribution in [0.2, 0.25) is 0 Å². The molecule has 1 heterocycles. The smallest absolute Gasteiger partial charge is 0.277 e. The number of Topliss-reactive ketones (excluding diaryl/α,β-unsaturated/α-hetero) is 1. The van der Waals surface area contributed by atoms with Crippen molar-refractivity contribution in [3.63, 3.8) is 0 Å². The summed E-state index contributed by atoms with van der Waals surface area (Å²) in [5.41, 5.74) is 1.48. The molecular weight excluding hydrogens is 327 g/mol. The van der Waals surface area contributed by atoms with E-state index in [0.29, 0.717) is 16.7 Å². The number of thioether (sulfide) groups is 1. The average molecular weight is 340 g/mol. The second-order valence-corrected chi connectivity index (χ2v) is 5.80. The number of benzene rings is 2. The van der Waals surface area contributed by atoms with E-state index in [2.05, 4.69) is 10.2 Å². The van der Waals surface area contributed by atoms with Gasteiger partial charge in [-0.05, 0) is 35.9 Å². The molecule has 4 nitrogen and oxygen atoms in total. The number of hydrogen-bond donors (Lipinski definition) is 0. The molecular formula is C18H13FN2O2S. The van der Waals surface area contributed by atoms with E-state index in [4.69, 9.17) is 4.42 Å². The van der Waals surface area contributed by atoms with E-state index in [9.17, 15) is 9.18 Å². The molecule has 120 valence electrons. The van der Waals surface area contributed by atoms with E-state index in [1.807, 2.05) is 36.4 Å². The molecule has 0 radical (unpaired) electrons. The van der Waals surface area contributed by atoms with Crippen LogP contribution in [-0.4, -0.2) is 21.7 Å². The van der Waals surface area contributed by atoms with Gasteiger partial charge in [0.1, 0.15) is 5.82 Å². The number of rotatable bonds is 6. The monoisotopic (exact) mass is 340 g/mol. The Morgan fingerprint density at radius 2 is 1.79 bits per heavy atom. The molecule has 0 aliphatic carbocycles. The van der Waals surface area contributed by atoms with Crippen LogP contribution in [0.1, 0.15) is 21.8 Å². The lowest BCUT2D eigenvalue weighted by molar-refractivity contribution is 0.102. The first-order valence-corrected chi connectivity index (χ1v) is 8.17. The zero-order chi connectivity index (χ0) is 16.8. The van der Waals surface area contributed by atoms with Crippen molar-refractivity contribution in [2.75, 3.05) is 5.75 Å². The molecule has 0 aliphatic heterocycles. The minimum absolute atomic E-state index is 0.125. The summed E-state index contributed by atoms with van der Waals surface area (Å²) >= 11 is 1.15. The largest absolute Gasteiger partial charge is 0.412 e. The highest BCUT2D eigenvalue weighted by Crippen LogP contribution is 2.19. The summed E-state index contributed by atoms with van der Waals surface area (Å²) in [7, 11) is 0. The molecule has 3 rings (SSSR count). The van der Waals surface area contributed by atoms with Gasteiger partial charge in [0.25, 0.3) is 5.22 Å². The molecule has 1 aromatic heterocycles. The molecule has 6 heteroatoms. The molecule has 24 heavy (non-hydrogen) atoms. The molecule has 2 aromatic carbocycles. The third-order valence-electron chi connectivity index (χ3n) is 3.13. The maximum Gasteiger partial charge on any atom is 0.277 e. The molecule has 0 saturated carbocycles. The lowest BCUT2D eigenvalue weighted by Crippen LogP contribution is -2.02. The van der Waals surface area contributed by atoms with Crippen LogP contribution in [-0.2, 0) is 0 Å². The number of aromatic nitrogens is 2. The van der Waals surface area contributed by atoms with Crippen LogP contribution in [0.4, 0.5) is 4.39 Å².